The molecule has 26 heavy (non-hydrogen) atoms. The molecule has 7 heteroatoms. The third-order valence-corrected chi connectivity index (χ3v) is 4.73. The molecule has 0 bridgehead atoms. The quantitative estimate of drug-likeness (QED) is 0.673. The van der Waals surface area contributed by atoms with Crippen LogP contribution in [0.1, 0.15) is 44.9 Å². The molecule has 1 fully saturated rings. The minimum atomic E-state index is -0.720. The van der Waals surface area contributed by atoms with Gasteiger partial charge in [-0.2, -0.15) is 5.10 Å². The van der Waals surface area contributed by atoms with Gasteiger partial charge in [0.25, 0.3) is 17.6 Å². The predicted molar refractivity (Wildman–Crippen MR) is 97.2 cm³/mol. The summed E-state index contributed by atoms with van der Waals surface area (Å²) in [6.07, 6.45) is 2.07. The van der Waals surface area contributed by atoms with Crippen LogP contribution >= 0.6 is 0 Å². The van der Waals surface area contributed by atoms with Crippen LogP contribution < -0.4 is 5.32 Å². The fourth-order valence-electron chi connectivity index (χ4n) is 3.20. The van der Waals surface area contributed by atoms with E-state index in [4.69, 9.17) is 0 Å². The maximum atomic E-state index is 12.4. The van der Waals surface area contributed by atoms with Gasteiger partial charge in [0.2, 0.25) is 0 Å². The zero-order valence-electron chi connectivity index (χ0n) is 15.2. The fourth-order valence-corrected chi connectivity index (χ4v) is 3.20. The summed E-state index contributed by atoms with van der Waals surface area (Å²) >= 11 is 0. The summed E-state index contributed by atoms with van der Waals surface area (Å²) in [6.45, 7) is 5.02. The summed E-state index contributed by atoms with van der Waals surface area (Å²) in [7, 11) is 1.73. The average Bonchev–Trinajstić information content (AvgIpc) is 3.23. The van der Waals surface area contributed by atoms with Crippen molar-refractivity contribution in [3.05, 3.63) is 46.8 Å². The van der Waals surface area contributed by atoms with Crippen molar-refractivity contribution in [2.24, 2.45) is 7.05 Å². The van der Waals surface area contributed by atoms with Gasteiger partial charge in [-0.05, 0) is 51.0 Å². The van der Waals surface area contributed by atoms with Gasteiger partial charge in [-0.25, -0.2) is 0 Å². The number of ketones is 1. The van der Waals surface area contributed by atoms with Gasteiger partial charge >= 0.3 is 0 Å². The molecule has 7 nitrogen and oxygen atoms in total. The van der Waals surface area contributed by atoms with Crippen LogP contribution in [-0.4, -0.2) is 45.4 Å². The number of amides is 2. The second-order valence-electron chi connectivity index (χ2n) is 6.53. The highest BCUT2D eigenvalue weighted by Crippen LogP contribution is 2.17. The van der Waals surface area contributed by atoms with Crippen molar-refractivity contribution in [3.8, 4) is 0 Å². The molecule has 0 spiro atoms. The summed E-state index contributed by atoms with van der Waals surface area (Å²) in [5, 5.41) is 6.75. The van der Waals surface area contributed by atoms with E-state index >= 15 is 0 Å². The Kier molecular flexibility index (Phi) is 4.88. The van der Waals surface area contributed by atoms with Crippen LogP contribution in [0.4, 0.5) is 5.69 Å². The van der Waals surface area contributed by atoms with Crippen LogP contribution in [0.2, 0.25) is 0 Å². The van der Waals surface area contributed by atoms with E-state index in [-0.39, 0.29) is 5.91 Å². The monoisotopic (exact) mass is 354 g/mol. The zero-order valence-corrected chi connectivity index (χ0v) is 15.2. The number of aryl methyl sites for hydroxylation is 2. The van der Waals surface area contributed by atoms with E-state index < -0.39 is 11.7 Å². The third kappa shape index (κ3) is 3.37. The van der Waals surface area contributed by atoms with Crippen molar-refractivity contribution in [1.29, 1.82) is 0 Å². The maximum absolute atomic E-state index is 12.4. The second-order valence-corrected chi connectivity index (χ2v) is 6.53. The molecule has 1 aromatic heterocycles. The van der Waals surface area contributed by atoms with Crippen molar-refractivity contribution < 1.29 is 14.4 Å². The highest BCUT2D eigenvalue weighted by molar-refractivity contribution is 6.47. The van der Waals surface area contributed by atoms with Crippen molar-refractivity contribution in [2.75, 3.05) is 18.4 Å². The van der Waals surface area contributed by atoms with Gasteiger partial charge in [-0.1, -0.05) is 0 Å². The molecule has 0 saturated carbocycles. The summed E-state index contributed by atoms with van der Waals surface area (Å²) < 4.78 is 1.58. The average molecular weight is 354 g/mol. The Bertz CT molecular complexity index is 862. The lowest BCUT2D eigenvalue weighted by molar-refractivity contribution is -0.112. The summed E-state index contributed by atoms with van der Waals surface area (Å²) in [5.41, 5.74) is 2.55. The number of aromatic nitrogens is 2. The van der Waals surface area contributed by atoms with E-state index in [0.717, 1.165) is 25.9 Å². The Morgan fingerprint density at radius 1 is 1.04 bits per heavy atom. The van der Waals surface area contributed by atoms with Crippen LogP contribution in [-0.2, 0) is 11.8 Å². The van der Waals surface area contributed by atoms with Crippen LogP contribution in [0, 0.1) is 13.8 Å². The molecule has 0 aliphatic carbocycles. The number of rotatable bonds is 4. The third-order valence-electron chi connectivity index (χ3n) is 4.73. The van der Waals surface area contributed by atoms with Gasteiger partial charge in [-0.15, -0.1) is 0 Å². The summed E-state index contributed by atoms with van der Waals surface area (Å²) in [6, 6.07) is 6.61. The number of hydrogen-bond acceptors (Lipinski definition) is 4. The molecule has 2 heterocycles. The van der Waals surface area contributed by atoms with Gasteiger partial charge in [0.15, 0.2) is 0 Å². The lowest BCUT2D eigenvalue weighted by atomic mass is 10.1. The molecule has 136 valence electrons. The van der Waals surface area contributed by atoms with E-state index in [1.807, 2.05) is 4.90 Å². The number of hydrogen-bond donors (Lipinski definition) is 1. The van der Waals surface area contributed by atoms with E-state index in [0.29, 0.717) is 28.2 Å². The Morgan fingerprint density at radius 2 is 1.65 bits per heavy atom. The largest absolute Gasteiger partial charge is 0.339 e. The fraction of sp³-hybridized carbons (Fsp3) is 0.368. The van der Waals surface area contributed by atoms with Crippen molar-refractivity contribution in [3.63, 3.8) is 0 Å². The topological polar surface area (TPSA) is 84.3 Å². The Balaban J connectivity index is 1.69. The van der Waals surface area contributed by atoms with Gasteiger partial charge in [-0.3, -0.25) is 19.1 Å². The van der Waals surface area contributed by atoms with E-state index in [1.165, 1.54) is 0 Å². The minimum absolute atomic E-state index is 0.00179. The molecule has 1 N–H and O–H groups in total. The number of anilines is 1. The Morgan fingerprint density at radius 3 is 2.19 bits per heavy atom. The van der Waals surface area contributed by atoms with E-state index in [9.17, 15) is 14.4 Å². The molecule has 2 aromatic rings. The molecule has 1 aliphatic heterocycles. The van der Waals surface area contributed by atoms with E-state index in [2.05, 4.69) is 10.4 Å². The number of benzene rings is 1. The normalized spacial score (nSPS) is 13.7. The smallest absolute Gasteiger partial charge is 0.296 e. The molecule has 0 atom stereocenters. The first-order chi connectivity index (χ1) is 12.4. The Hall–Kier alpha value is -2.96. The highest BCUT2D eigenvalue weighted by Gasteiger charge is 2.24. The van der Waals surface area contributed by atoms with Gasteiger partial charge in [0, 0.05) is 37.1 Å². The molecule has 2 amide bonds. The second kappa shape index (κ2) is 7.11. The predicted octanol–water partition coefficient (Wildman–Crippen LogP) is 2.09. The van der Waals surface area contributed by atoms with Gasteiger partial charge in [0.1, 0.15) is 0 Å². The number of likely N-dealkylation sites (tertiary alicyclic amines) is 1. The van der Waals surface area contributed by atoms with E-state index in [1.54, 1.807) is 49.8 Å². The Labute approximate surface area is 152 Å². The standard InChI is InChI=1S/C19H22N4O3/c1-12-16(13(2)22(3)21-12)17(24)18(25)20-15-8-6-14(7-9-15)19(26)23-10-4-5-11-23/h6-9H,4-5,10-11H2,1-3H3,(H,20,25). The molecule has 1 aliphatic rings. The number of nitrogens with zero attached hydrogens (tertiary/aromatic N) is 3. The number of Topliss-reactive ketones (excluding diaryl/α,β-unsaturated/α-hetero) is 1. The SMILES string of the molecule is Cc1nn(C)c(C)c1C(=O)C(=O)Nc1ccc(C(=O)N2CCCC2)cc1. The summed E-state index contributed by atoms with van der Waals surface area (Å²) in [4.78, 5) is 38.9. The lowest BCUT2D eigenvalue weighted by Crippen LogP contribution is -2.27. The minimum Gasteiger partial charge on any atom is -0.339 e. The first kappa shape index (κ1) is 17.8. The summed E-state index contributed by atoms with van der Waals surface area (Å²) in [5.74, 6) is -1.34. The first-order valence-electron chi connectivity index (χ1n) is 8.63. The maximum Gasteiger partial charge on any atom is 0.296 e. The van der Waals surface area contributed by atoms with Crippen molar-refractivity contribution in [2.45, 2.75) is 26.7 Å². The number of carbonyl (C=O) groups excluding carboxylic acids is 3. The zero-order chi connectivity index (χ0) is 18.8. The van der Waals surface area contributed by atoms with Crippen LogP contribution in [0.25, 0.3) is 0 Å². The molecular weight excluding hydrogens is 332 g/mol. The molecule has 1 aromatic carbocycles. The first-order valence-corrected chi connectivity index (χ1v) is 8.63. The lowest BCUT2D eigenvalue weighted by Gasteiger charge is -2.15. The van der Waals surface area contributed by atoms with Crippen molar-refractivity contribution in [1.82, 2.24) is 14.7 Å². The van der Waals surface area contributed by atoms with Crippen LogP contribution in [0.15, 0.2) is 24.3 Å². The van der Waals surface area contributed by atoms with Crippen LogP contribution in [0.3, 0.4) is 0 Å². The van der Waals surface area contributed by atoms with Gasteiger partial charge in [0.05, 0.1) is 11.3 Å². The molecule has 3 rings (SSSR count). The molecule has 0 unspecified atom stereocenters. The van der Waals surface area contributed by atoms with Gasteiger partial charge < -0.3 is 10.2 Å². The molecular formula is C19H22N4O3. The molecule has 1 saturated heterocycles. The number of nitrogens with one attached hydrogen (secondary N) is 1. The van der Waals surface area contributed by atoms with Crippen LogP contribution in [0.5, 0.6) is 0 Å². The number of carbonyl (C=O) groups is 3. The highest BCUT2D eigenvalue weighted by atomic mass is 16.2. The van der Waals surface area contributed by atoms with Crippen molar-refractivity contribution >= 4 is 23.3 Å². The molecule has 0 radical (unpaired) electrons.